The highest BCUT2D eigenvalue weighted by Gasteiger charge is 2.31. The van der Waals surface area contributed by atoms with E-state index in [1.165, 1.54) is 0 Å². The summed E-state index contributed by atoms with van der Waals surface area (Å²) in [7, 11) is 0. The number of hydrogen-bond acceptors (Lipinski definition) is 5. The average molecular weight is 477 g/mol. The molecule has 0 saturated heterocycles. The largest absolute Gasteiger partial charge is 0.383 e. The van der Waals surface area contributed by atoms with Crippen molar-refractivity contribution in [2.24, 2.45) is 5.73 Å². The summed E-state index contributed by atoms with van der Waals surface area (Å²) in [6.45, 7) is 2.13. The highest BCUT2D eigenvalue weighted by molar-refractivity contribution is 9.10. The molecule has 31 heavy (non-hydrogen) atoms. The molecule has 0 bridgehead atoms. The molecule has 4 N–H and O–H groups in total. The number of benzene rings is 1. The maximum Gasteiger partial charge on any atom is 0.165 e. The van der Waals surface area contributed by atoms with Crippen LogP contribution in [0.3, 0.4) is 0 Å². The zero-order valence-electron chi connectivity index (χ0n) is 17.4. The Hall–Kier alpha value is -2.77. The molecule has 1 aromatic carbocycles. The van der Waals surface area contributed by atoms with E-state index >= 15 is 0 Å². The molecule has 4 aromatic rings. The summed E-state index contributed by atoms with van der Waals surface area (Å²) in [5.41, 5.74) is 18.4. The lowest BCUT2D eigenvalue weighted by Crippen LogP contribution is -2.39. The van der Waals surface area contributed by atoms with Gasteiger partial charge in [-0.15, -0.1) is 0 Å². The number of aromatic nitrogens is 4. The minimum absolute atomic E-state index is 0.0907. The number of pyridine rings is 1. The number of nitrogens with two attached hydrogens (primary N) is 2. The monoisotopic (exact) mass is 476 g/mol. The van der Waals surface area contributed by atoms with E-state index in [4.69, 9.17) is 16.5 Å². The molecular weight excluding hydrogens is 452 g/mol. The van der Waals surface area contributed by atoms with Crippen molar-refractivity contribution < 1.29 is 0 Å². The minimum atomic E-state index is -0.0907. The van der Waals surface area contributed by atoms with Crippen LogP contribution in [0, 0.1) is 0 Å². The fourth-order valence-corrected chi connectivity index (χ4v) is 4.95. The van der Waals surface area contributed by atoms with E-state index in [0.29, 0.717) is 11.7 Å². The van der Waals surface area contributed by atoms with Crippen LogP contribution in [0.15, 0.2) is 59.3 Å². The number of halogens is 1. The van der Waals surface area contributed by atoms with Crippen molar-refractivity contribution in [3.63, 3.8) is 0 Å². The smallest absolute Gasteiger partial charge is 0.165 e. The van der Waals surface area contributed by atoms with Crippen LogP contribution in [0.25, 0.3) is 28.0 Å². The van der Waals surface area contributed by atoms with Gasteiger partial charge in [-0.3, -0.25) is 4.98 Å². The minimum Gasteiger partial charge on any atom is -0.383 e. The first-order chi connectivity index (χ1) is 14.9. The highest BCUT2D eigenvalue weighted by atomic mass is 79.9. The van der Waals surface area contributed by atoms with Crippen molar-refractivity contribution >= 4 is 27.4 Å². The summed E-state index contributed by atoms with van der Waals surface area (Å²) in [5.74, 6) is 0.904. The third-order valence-corrected chi connectivity index (χ3v) is 7.12. The molecule has 0 unspecified atom stereocenters. The molecule has 0 radical (unpaired) electrons. The predicted octanol–water partition coefficient (Wildman–Crippen LogP) is 5.18. The number of hydrogen-bond donors (Lipinski definition) is 2. The van der Waals surface area contributed by atoms with Crippen molar-refractivity contribution in [2.75, 3.05) is 5.73 Å². The van der Waals surface area contributed by atoms with Crippen LogP contribution >= 0.6 is 15.9 Å². The van der Waals surface area contributed by atoms with Crippen LogP contribution in [0.1, 0.15) is 44.2 Å². The van der Waals surface area contributed by atoms with Crippen LogP contribution in [0.4, 0.5) is 5.82 Å². The van der Waals surface area contributed by atoms with Gasteiger partial charge in [-0.25, -0.2) is 4.98 Å². The van der Waals surface area contributed by atoms with E-state index in [9.17, 15) is 0 Å². The molecule has 3 heterocycles. The number of rotatable bonds is 3. The standard InChI is InChI=1S/C24H25BrN6/c1-24(27)11-9-16(10-12-24)21-20(25)22(26)31-23(30-21)18(14-29-31)17-7-8-19(28-13-17)15-5-3-2-4-6-15/h2-8,13-14,16H,9-12,26-27H2,1H3. The summed E-state index contributed by atoms with van der Waals surface area (Å²) < 4.78 is 2.53. The predicted molar refractivity (Wildman–Crippen MR) is 128 cm³/mol. The maximum atomic E-state index is 6.44. The third kappa shape index (κ3) is 3.72. The fourth-order valence-electron chi connectivity index (χ4n) is 4.37. The lowest BCUT2D eigenvalue weighted by molar-refractivity contribution is 0.292. The van der Waals surface area contributed by atoms with Gasteiger partial charge >= 0.3 is 0 Å². The zero-order chi connectivity index (χ0) is 21.6. The van der Waals surface area contributed by atoms with Crippen LogP contribution < -0.4 is 11.5 Å². The summed E-state index contributed by atoms with van der Waals surface area (Å²) >= 11 is 3.67. The first kappa shape index (κ1) is 20.2. The molecule has 1 fully saturated rings. The van der Waals surface area contributed by atoms with Crippen LogP contribution in [0.2, 0.25) is 0 Å². The van der Waals surface area contributed by atoms with Gasteiger partial charge in [0.05, 0.1) is 22.1 Å². The molecule has 0 spiro atoms. The highest BCUT2D eigenvalue weighted by Crippen LogP contribution is 2.41. The van der Waals surface area contributed by atoms with E-state index in [2.05, 4.69) is 51.1 Å². The van der Waals surface area contributed by atoms with Crippen LogP contribution in [-0.2, 0) is 0 Å². The van der Waals surface area contributed by atoms with E-state index in [0.717, 1.165) is 63.9 Å². The molecule has 0 amide bonds. The van der Waals surface area contributed by atoms with Gasteiger partial charge in [0.1, 0.15) is 5.82 Å². The summed E-state index contributed by atoms with van der Waals surface area (Å²) in [6.07, 6.45) is 7.66. The van der Waals surface area contributed by atoms with Gasteiger partial charge in [-0.2, -0.15) is 9.61 Å². The normalized spacial score (nSPS) is 21.5. The van der Waals surface area contributed by atoms with E-state index in [-0.39, 0.29) is 5.54 Å². The molecule has 7 heteroatoms. The fraction of sp³-hybridized carbons (Fsp3) is 0.292. The Bertz CT molecular complexity index is 1220. The van der Waals surface area contributed by atoms with Gasteiger partial charge in [-0.1, -0.05) is 36.4 Å². The Morgan fingerprint density at radius 3 is 2.45 bits per heavy atom. The SMILES string of the molecule is CC1(N)CCC(c2nc3c(-c4ccc(-c5ccccc5)nc4)cnn3c(N)c2Br)CC1. The third-order valence-electron chi connectivity index (χ3n) is 6.31. The van der Waals surface area contributed by atoms with Gasteiger partial charge < -0.3 is 11.5 Å². The van der Waals surface area contributed by atoms with Crippen molar-refractivity contribution in [1.82, 2.24) is 19.6 Å². The van der Waals surface area contributed by atoms with Crippen LogP contribution in [0.5, 0.6) is 0 Å². The van der Waals surface area contributed by atoms with Gasteiger partial charge in [-0.05, 0) is 54.6 Å². The maximum absolute atomic E-state index is 6.44. The number of fused-ring (bicyclic) bond motifs is 1. The van der Waals surface area contributed by atoms with Crippen LogP contribution in [-0.4, -0.2) is 25.1 Å². The van der Waals surface area contributed by atoms with E-state index in [1.807, 2.05) is 36.7 Å². The summed E-state index contributed by atoms with van der Waals surface area (Å²) in [4.78, 5) is 9.69. The van der Waals surface area contributed by atoms with E-state index < -0.39 is 0 Å². The Labute approximate surface area is 189 Å². The molecule has 158 valence electrons. The molecule has 1 aliphatic carbocycles. The van der Waals surface area contributed by atoms with Gasteiger partial charge in [0.2, 0.25) is 0 Å². The molecule has 0 atom stereocenters. The molecule has 3 aromatic heterocycles. The Balaban J connectivity index is 1.54. The average Bonchev–Trinajstić information content (AvgIpc) is 3.21. The quantitative estimate of drug-likeness (QED) is 0.424. The molecule has 1 saturated carbocycles. The molecular formula is C24H25BrN6. The first-order valence-electron chi connectivity index (χ1n) is 10.6. The second-order valence-electron chi connectivity index (χ2n) is 8.72. The second-order valence-corrected chi connectivity index (χ2v) is 9.51. The zero-order valence-corrected chi connectivity index (χ0v) is 19.0. The molecule has 5 rings (SSSR count). The summed E-state index contributed by atoms with van der Waals surface area (Å²) in [6, 6.07) is 14.2. The summed E-state index contributed by atoms with van der Waals surface area (Å²) in [5, 5.41) is 4.50. The first-order valence-corrected chi connectivity index (χ1v) is 11.4. The Kier molecular flexibility index (Phi) is 5.02. The van der Waals surface area contributed by atoms with Gasteiger partial charge in [0.15, 0.2) is 5.65 Å². The van der Waals surface area contributed by atoms with Crippen molar-refractivity contribution in [2.45, 2.75) is 44.1 Å². The Morgan fingerprint density at radius 1 is 1.03 bits per heavy atom. The number of nitrogens with zero attached hydrogens (tertiary/aromatic N) is 4. The lowest BCUT2D eigenvalue weighted by atomic mass is 9.77. The lowest BCUT2D eigenvalue weighted by Gasteiger charge is -2.34. The molecule has 0 aliphatic heterocycles. The topological polar surface area (TPSA) is 95.1 Å². The number of anilines is 1. The van der Waals surface area contributed by atoms with Gasteiger partial charge in [0, 0.05) is 34.3 Å². The van der Waals surface area contributed by atoms with Crippen molar-refractivity contribution in [3.05, 3.63) is 65.0 Å². The van der Waals surface area contributed by atoms with Crippen molar-refractivity contribution in [1.29, 1.82) is 0 Å². The Morgan fingerprint density at radius 2 is 1.77 bits per heavy atom. The van der Waals surface area contributed by atoms with E-state index in [1.54, 1.807) is 4.52 Å². The van der Waals surface area contributed by atoms with Crippen molar-refractivity contribution in [3.8, 4) is 22.4 Å². The molecule has 6 nitrogen and oxygen atoms in total. The molecule has 1 aliphatic rings. The second kappa shape index (κ2) is 7.73. The van der Waals surface area contributed by atoms with Gasteiger partial charge in [0.25, 0.3) is 0 Å². The number of nitrogen functional groups attached to an aromatic ring is 1.